The van der Waals surface area contributed by atoms with Crippen molar-refractivity contribution in [1.29, 1.82) is 0 Å². The van der Waals surface area contributed by atoms with Crippen LogP contribution in [0.4, 0.5) is 24.5 Å². The van der Waals surface area contributed by atoms with Crippen molar-refractivity contribution in [1.82, 2.24) is 9.38 Å². The van der Waals surface area contributed by atoms with Crippen LogP contribution < -0.4 is 10.2 Å². The number of piperidine rings is 1. The van der Waals surface area contributed by atoms with Crippen LogP contribution in [0.15, 0.2) is 73.1 Å². The lowest BCUT2D eigenvalue weighted by Gasteiger charge is -2.31. The fourth-order valence-electron chi connectivity index (χ4n) is 4.29. The number of alkyl halides is 3. The Morgan fingerprint density at radius 3 is 2.44 bits per heavy atom. The minimum atomic E-state index is -4.50. The maximum absolute atomic E-state index is 13.4. The first-order valence-corrected chi connectivity index (χ1v) is 11.2. The molecule has 0 spiro atoms. The van der Waals surface area contributed by atoms with Crippen LogP contribution in [0.2, 0.25) is 0 Å². The van der Waals surface area contributed by atoms with Gasteiger partial charge in [0.1, 0.15) is 5.65 Å². The van der Waals surface area contributed by atoms with Crippen LogP contribution in [0.25, 0.3) is 16.9 Å². The second-order valence-electron chi connectivity index (χ2n) is 8.40. The molecule has 1 N–H and O–H groups in total. The molecule has 0 unspecified atom stereocenters. The van der Waals surface area contributed by atoms with Crippen molar-refractivity contribution in [3.05, 3.63) is 84.2 Å². The van der Waals surface area contributed by atoms with Crippen molar-refractivity contribution < 1.29 is 18.0 Å². The maximum Gasteiger partial charge on any atom is 0.416 e. The summed E-state index contributed by atoms with van der Waals surface area (Å²) in [7, 11) is 0. The number of aromatic nitrogens is 2. The number of pyridine rings is 1. The van der Waals surface area contributed by atoms with Crippen molar-refractivity contribution in [2.75, 3.05) is 23.3 Å². The lowest BCUT2D eigenvalue weighted by Crippen LogP contribution is -2.30. The Bertz CT molecular complexity index is 1330. The Morgan fingerprint density at radius 2 is 1.71 bits per heavy atom. The second-order valence-corrected chi connectivity index (χ2v) is 8.40. The summed E-state index contributed by atoms with van der Waals surface area (Å²) in [6, 6.07) is 16.5. The zero-order chi connectivity index (χ0) is 23.7. The number of hydrogen-bond acceptors (Lipinski definition) is 3. The standard InChI is InChI=1S/C26H23F3N4O/c27-26(28,29)20-9-10-23(32-12-5-2-6-13-32)21(16-20)31-25(34)19-11-14-33-17-22(30-24(33)15-19)18-7-3-1-4-8-18/h1,3-4,7-11,14-17H,2,5-6,12-13H2,(H,31,34). The summed E-state index contributed by atoms with van der Waals surface area (Å²) in [5, 5.41) is 2.72. The summed E-state index contributed by atoms with van der Waals surface area (Å²) in [6.45, 7) is 1.49. The van der Waals surface area contributed by atoms with Gasteiger partial charge in [-0.3, -0.25) is 4.79 Å². The largest absolute Gasteiger partial charge is 0.416 e. The molecule has 1 fully saturated rings. The van der Waals surface area contributed by atoms with Gasteiger partial charge in [-0.25, -0.2) is 4.98 Å². The first-order valence-electron chi connectivity index (χ1n) is 11.2. The molecule has 4 aromatic rings. The molecule has 1 aliphatic heterocycles. The van der Waals surface area contributed by atoms with Gasteiger partial charge in [0.2, 0.25) is 0 Å². The highest BCUT2D eigenvalue weighted by molar-refractivity contribution is 6.06. The van der Waals surface area contributed by atoms with E-state index in [1.165, 1.54) is 6.07 Å². The third kappa shape index (κ3) is 4.48. The third-order valence-corrected chi connectivity index (χ3v) is 6.06. The maximum atomic E-state index is 13.4. The molecule has 5 nitrogen and oxygen atoms in total. The van der Waals surface area contributed by atoms with Gasteiger partial charge in [0.05, 0.1) is 22.6 Å². The van der Waals surface area contributed by atoms with E-state index in [4.69, 9.17) is 0 Å². The molecule has 0 bridgehead atoms. The smallest absolute Gasteiger partial charge is 0.370 e. The molecule has 5 rings (SSSR count). The Labute approximate surface area is 194 Å². The lowest BCUT2D eigenvalue weighted by atomic mass is 10.1. The van der Waals surface area contributed by atoms with Gasteiger partial charge in [0.25, 0.3) is 5.91 Å². The molecule has 0 saturated carbocycles. The van der Waals surface area contributed by atoms with Gasteiger partial charge in [-0.1, -0.05) is 30.3 Å². The number of benzene rings is 2. The Morgan fingerprint density at radius 1 is 0.941 bits per heavy atom. The average molecular weight is 464 g/mol. The van der Waals surface area contributed by atoms with Crippen molar-refractivity contribution in [3.63, 3.8) is 0 Å². The predicted octanol–water partition coefficient (Wildman–Crippen LogP) is 6.26. The number of rotatable bonds is 4. The number of amides is 1. The summed E-state index contributed by atoms with van der Waals surface area (Å²) in [4.78, 5) is 19.7. The highest BCUT2D eigenvalue weighted by Crippen LogP contribution is 2.36. The first kappa shape index (κ1) is 22.0. The average Bonchev–Trinajstić information content (AvgIpc) is 3.28. The number of halogens is 3. The molecule has 1 amide bonds. The van der Waals surface area contributed by atoms with Crippen LogP contribution in [0, 0.1) is 0 Å². The number of anilines is 2. The summed E-state index contributed by atoms with van der Waals surface area (Å²) >= 11 is 0. The monoisotopic (exact) mass is 464 g/mol. The molecule has 0 atom stereocenters. The highest BCUT2D eigenvalue weighted by Gasteiger charge is 2.32. The molecule has 1 aliphatic rings. The molecule has 2 aromatic heterocycles. The zero-order valence-electron chi connectivity index (χ0n) is 18.3. The number of nitrogens with zero attached hydrogens (tertiary/aromatic N) is 3. The van der Waals surface area contributed by atoms with E-state index in [1.807, 2.05) is 45.8 Å². The topological polar surface area (TPSA) is 49.6 Å². The van der Waals surface area contributed by atoms with Crippen LogP contribution in [0.1, 0.15) is 35.2 Å². The SMILES string of the molecule is O=C(Nc1cc(C(F)(F)F)ccc1N1CCCCC1)c1ccn2cc(-c3ccccc3)nc2c1. The molecule has 3 heterocycles. The van der Waals surface area contributed by atoms with Crippen molar-refractivity contribution in [2.45, 2.75) is 25.4 Å². The van der Waals surface area contributed by atoms with Crippen LogP contribution in [-0.2, 0) is 6.18 Å². The summed E-state index contributed by atoms with van der Waals surface area (Å²) < 4.78 is 42.0. The molecule has 34 heavy (non-hydrogen) atoms. The predicted molar refractivity (Wildman–Crippen MR) is 126 cm³/mol. The minimum absolute atomic E-state index is 0.162. The van der Waals surface area contributed by atoms with E-state index in [1.54, 1.807) is 18.3 Å². The third-order valence-electron chi connectivity index (χ3n) is 6.06. The van der Waals surface area contributed by atoms with Gasteiger partial charge in [-0.15, -0.1) is 0 Å². The molecular formula is C26H23F3N4O. The van der Waals surface area contributed by atoms with Crippen molar-refractivity contribution in [2.24, 2.45) is 0 Å². The van der Waals surface area contributed by atoms with Crippen LogP contribution in [0.5, 0.6) is 0 Å². The van der Waals surface area contributed by atoms with E-state index >= 15 is 0 Å². The fraction of sp³-hybridized carbons (Fsp3) is 0.231. The van der Waals surface area contributed by atoms with Crippen LogP contribution in [0.3, 0.4) is 0 Å². The van der Waals surface area contributed by atoms with Gasteiger partial charge < -0.3 is 14.6 Å². The molecular weight excluding hydrogens is 441 g/mol. The molecule has 174 valence electrons. The summed E-state index contributed by atoms with van der Waals surface area (Å²) in [5.74, 6) is -0.482. The van der Waals surface area contributed by atoms with E-state index in [0.29, 0.717) is 16.9 Å². The number of fused-ring (bicyclic) bond motifs is 1. The lowest BCUT2D eigenvalue weighted by molar-refractivity contribution is -0.137. The van der Waals surface area contributed by atoms with Gasteiger partial charge in [0.15, 0.2) is 0 Å². The Kier molecular flexibility index (Phi) is 5.73. The van der Waals surface area contributed by atoms with Crippen LogP contribution in [-0.4, -0.2) is 28.4 Å². The fourth-order valence-corrected chi connectivity index (χ4v) is 4.29. The van der Waals surface area contributed by atoms with Crippen LogP contribution >= 0.6 is 0 Å². The molecule has 0 radical (unpaired) electrons. The van der Waals surface area contributed by atoms with E-state index in [-0.39, 0.29) is 5.69 Å². The van der Waals surface area contributed by atoms with E-state index < -0.39 is 17.6 Å². The van der Waals surface area contributed by atoms with E-state index in [9.17, 15) is 18.0 Å². The summed E-state index contributed by atoms with van der Waals surface area (Å²) in [5.41, 5.74) is 2.59. The quantitative estimate of drug-likeness (QED) is 0.388. The van der Waals surface area contributed by atoms with Crippen molar-refractivity contribution >= 4 is 22.9 Å². The minimum Gasteiger partial charge on any atom is -0.370 e. The number of carbonyl (C=O) groups is 1. The molecule has 2 aromatic carbocycles. The first-order chi connectivity index (χ1) is 16.4. The summed E-state index contributed by atoms with van der Waals surface area (Å²) in [6.07, 6.45) is 2.12. The van der Waals surface area contributed by atoms with E-state index in [0.717, 1.165) is 55.7 Å². The van der Waals surface area contributed by atoms with Gasteiger partial charge >= 0.3 is 6.18 Å². The highest BCUT2D eigenvalue weighted by atomic mass is 19.4. The van der Waals surface area contributed by atoms with Gasteiger partial charge in [-0.05, 0) is 49.6 Å². The van der Waals surface area contributed by atoms with Gasteiger partial charge in [-0.2, -0.15) is 13.2 Å². The second kappa shape index (κ2) is 8.85. The number of nitrogens with one attached hydrogen (secondary N) is 1. The molecule has 8 heteroatoms. The molecule has 0 aliphatic carbocycles. The normalized spacial score (nSPS) is 14.4. The van der Waals surface area contributed by atoms with E-state index in [2.05, 4.69) is 10.3 Å². The Balaban J connectivity index is 1.45. The number of carbonyl (C=O) groups excluding carboxylic acids is 1. The zero-order valence-corrected chi connectivity index (χ0v) is 18.3. The van der Waals surface area contributed by atoms with Crippen molar-refractivity contribution in [3.8, 4) is 11.3 Å². The number of hydrogen-bond donors (Lipinski definition) is 1. The molecule has 1 saturated heterocycles. The Hall–Kier alpha value is -3.81. The number of imidazole rings is 1. The van der Waals surface area contributed by atoms with Gasteiger partial charge in [0, 0.05) is 36.6 Å².